The van der Waals surface area contributed by atoms with E-state index >= 15 is 0 Å². The van der Waals surface area contributed by atoms with Gasteiger partial charge in [-0.3, -0.25) is 0 Å². The van der Waals surface area contributed by atoms with Crippen LogP contribution in [0.15, 0.2) is 54.7 Å². The van der Waals surface area contributed by atoms with Gasteiger partial charge in [-0.1, -0.05) is 23.5 Å². The van der Waals surface area contributed by atoms with Crippen molar-refractivity contribution in [1.82, 2.24) is 15.2 Å². The van der Waals surface area contributed by atoms with E-state index in [1.807, 2.05) is 30.5 Å². The van der Waals surface area contributed by atoms with E-state index < -0.39 is 0 Å². The fraction of sp³-hybridized carbons (Fsp3) is 0. The molecule has 21 heavy (non-hydrogen) atoms. The third-order valence-electron chi connectivity index (χ3n) is 3.32. The average Bonchev–Trinajstić information content (AvgIpc) is 3.15. The molecule has 2 N–H and O–H groups in total. The fourth-order valence-corrected chi connectivity index (χ4v) is 3.12. The molecular weight excluding hydrogens is 282 g/mol. The Morgan fingerprint density at radius 1 is 0.905 bits per heavy atom. The number of hydrogen-bond donors (Lipinski definition) is 2. The van der Waals surface area contributed by atoms with Crippen LogP contribution in [0.25, 0.3) is 32.0 Å². The molecular formula is C16H11N3OS. The smallest absolute Gasteiger partial charge is 0.148 e. The van der Waals surface area contributed by atoms with Gasteiger partial charge in [-0.25, -0.2) is 0 Å². The van der Waals surface area contributed by atoms with Gasteiger partial charge >= 0.3 is 0 Å². The van der Waals surface area contributed by atoms with Crippen LogP contribution in [0.2, 0.25) is 0 Å². The van der Waals surface area contributed by atoms with Crippen LogP contribution in [0.5, 0.6) is 5.75 Å². The third-order valence-corrected chi connectivity index (χ3v) is 4.34. The summed E-state index contributed by atoms with van der Waals surface area (Å²) in [7, 11) is 0. The third kappa shape index (κ3) is 2.17. The summed E-state index contributed by atoms with van der Waals surface area (Å²) in [5.74, 6) is 0.234. The van der Waals surface area contributed by atoms with E-state index in [9.17, 15) is 5.11 Å². The molecule has 0 spiro atoms. The number of fused-ring (bicyclic) bond motifs is 1. The highest BCUT2D eigenvalue weighted by molar-refractivity contribution is 7.17. The molecule has 0 fully saturated rings. The first kappa shape index (κ1) is 12.1. The highest BCUT2D eigenvalue weighted by atomic mass is 32.1. The largest absolute Gasteiger partial charge is 0.508 e. The van der Waals surface area contributed by atoms with Gasteiger partial charge in [-0.05, 0) is 36.4 Å². The molecule has 0 saturated heterocycles. The molecule has 2 aromatic heterocycles. The second-order valence-electron chi connectivity index (χ2n) is 4.74. The number of rotatable bonds is 2. The molecule has 4 nitrogen and oxygen atoms in total. The fourth-order valence-electron chi connectivity index (χ4n) is 2.28. The molecule has 0 atom stereocenters. The number of phenolic OH excluding ortho intramolecular Hbond substituents is 1. The number of benzene rings is 2. The second-order valence-corrected chi connectivity index (χ2v) is 5.72. The van der Waals surface area contributed by atoms with Crippen LogP contribution < -0.4 is 0 Å². The summed E-state index contributed by atoms with van der Waals surface area (Å²) in [6.45, 7) is 0. The topological polar surface area (TPSA) is 61.8 Å². The Hall–Kier alpha value is -2.66. The lowest BCUT2D eigenvalue weighted by Crippen LogP contribution is -1.77. The monoisotopic (exact) mass is 293 g/mol. The van der Waals surface area contributed by atoms with E-state index in [0.29, 0.717) is 0 Å². The summed E-state index contributed by atoms with van der Waals surface area (Å²) in [6, 6.07) is 15.3. The number of phenols is 1. The Kier molecular flexibility index (Phi) is 2.72. The summed E-state index contributed by atoms with van der Waals surface area (Å²) >= 11 is 1.52. The Labute approximate surface area is 124 Å². The predicted octanol–water partition coefficient (Wildman–Crippen LogP) is 4.06. The SMILES string of the molecule is Oc1cccc(-c2nnc(-c3ccc4[nH]ccc4c3)s2)c1. The van der Waals surface area contributed by atoms with E-state index in [0.717, 1.165) is 32.0 Å². The minimum atomic E-state index is 0.234. The second kappa shape index (κ2) is 4.71. The van der Waals surface area contributed by atoms with Crippen LogP contribution in [-0.2, 0) is 0 Å². The molecule has 2 aromatic carbocycles. The van der Waals surface area contributed by atoms with Gasteiger partial charge in [0.15, 0.2) is 0 Å². The van der Waals surface area contributed by atoms with Crippen molar-refractivity contribution in [2.45, 2.75) is 0 Å². The Bertz CT molecular complexity index is 926. The molecule has 0 aliphatic carbocycles. The van der Waals surface area contributed by atoms with Crippen molar-refractivity contribution in [2.24, 2.45) is 0 Å². The molecule has 102 valence electrons. The maximum atomic E-state index is 9.55. The van der Waals surface area contributed by atoms with Crippen molar-refractivity contribution in [1.29, 1.82) is 0 Å². The molecule has 5 heteroatoms. The molecule has 0 aliphatic heterocycles. The zero-order valence-electron chi connectivity index (χ0n) is 10.9. The summed E-state index contributed by atoms with van der Waals surface area (Å²) in [4.78, 5) is 3.18. The van der Waals surface area contributed by atoms with Crippen LogP contribution in [0.3, 0.4) is 0 Å². The van der Waals surface area contributed by atoms with Gasteiger partial charge in [-0.15, -0.1) is 10.2 Å². The quantitative estimate of drug-likeness (QED) is 0.586. The molecule has 0 bridgehead atoms. The van der Waals surface area contributed by atoms with Crippen molar-refractivity contribution in [3.05, 3.63) is 54.7 Å². The van der Waals surface area contributed by atoms with E-state index in [1.54, 1.807) is 18.2 Å². The number of nitrogens with one attached hydrogen (secondary N) is 1. The summed E-state index contributed by atoms with van der Waals surface area (Å²) in [5.41, 5.74) is 3.03. The predicted molar refractivity (Wildman–Crippen MR) is 84.3 cm³/mol. The number of hydrogen-bond acceptors (Lipinski definition) is 4. The van der Waals surface area contributed by atoms with Crippen molar-refractivity contribution >= 4 is 22.2 Å². The number of aromatic nitrogens is 3. The maximum Gasteiger partial charge on any atom is 0.148 e. The molecule has 0 amide bonds. The van der Waals surface area contributed by atoms with Crippen molar-refractivity contribution in [3.8, 4) is 26.9 Å². The summed E-state index contributed by atoms with van der Waals surface area (Å²) < 4.78 is 0. The number of aromatic hydroxyl groups is 1. The lowest BCUT2D eigenvalue weighted by molar-refractivity contribution is 0.475. The highest BCUT2D eigenvalue weighted by Gasteiger charge is 2.09. The average molecular weight is 293 g/mol. The van der Waals surface area contributed by atoms with E-state index in [2.05, 4.69) is 21.2 Å². The highest BCUT2D eigenvalue weighted by Crippen LogP contribution is 2.32. The van der Waals surface area contributed by atoms with Crippen LogP contribution >= 0.6 is 11.3 Å². The molecule has 0 aliphatic rings. The molecule has 0 saturated carbocycles. The van der Waals surface area contributed by atoms with Gasteiger partial charge in [0.2, 0.25) is 0 Å². The minimum absolute atomic E-state index is 0.234. The molecule has 4 aromatic rings. The Balaban J connectivity index is 1.76. The molecule has 4 rings (SSSR count). The van der Waals surface area contributed by atoms with Crippen LogP contribution in [0.1, 0.15) is 0 Å². The van der Waals surface area contributed by atoms with E-state index in [4.69, 9.17) is 0 Å². The lowest BCUT2D eigenvalue weighted by Gasteiger charge is -1.96. The Morgan fingerprint density at radius 3 is 2.52 bits per heavy atom. The van der Waals surface area contributed by atoms with Gasteiger partial charge in [0.1, 0.15) is 15.8 Å². The van der Waals surface area contributed by atoms with E-state index in [-0.39, 0.29) is 5.75 Å². The molecule has 0 radical (unpaired) electrons. The van der Waals surface area contributed by atoms with Gasteiger partial charge in [0, 0.05) is 28.2 Å². The van der Waals surface area contributed by atoms with Crippen molar-refractivity contribution < 1.29 is 5.11 Å². The minimum Gasteiger partial charge on any atom is -0.508 e. The Morgan fingerprint density at radius 2 is 1.71 bits per heavy atom. The van der Waals surface area contributed by atoms with Crippen molar-refractivity contribution in [3.63, 3.8) is 0 Å². The first-order chi connectivity index (χ1) is 10.3. The van der Waals surface area contributed by atoms with Crippen LogP contribution in [-0.4, -0.2) is 20.3 Å². The standard InChI is InChI=1S/C16H11N3OS/c20-13-3-1-2-11(9-13)15-18-19-16(21-15)12-4-5-14-10(8-12)6-7-17-14/h1-9,17,20H. The van der Waals surface area contributed by atoms with Crippen LogP contribution in [0, 0.1) is 0 Å². The normalized spacial score (nSPS) is 11.0. The maximum absolute atomic E-state index is 9.55. The van der Waals surface area contributed by atoms with Gasteiger partial charge in [0.25, 0.3) is 0 Å². The lowest BCUT2D eigenvalue weighted by atomic mass is 10.2. The van der Waals surface area contributed by atoms with Crippen LogP contribution in [0.4, 0.5) is 0 Å². The number of H-pyrrole nitrogens is 1. The first-order valence-electron chi connectivity index (χ1n) is 6.50. The zero-order valence-corrected chi connectivity index (χ0v) is 11.8. The first-order valence-corrected chi connectivity index (χ1v) is 7.32. The van der Waals surface area contributed by atoms with E-state index in [1.165, 1.54) is 11.3 Å². The van der Waals surface area contributed by atoms with Crippen molar-refractivity contribution in [2.75, 3.05) is 0 Å². The van der Waals surface area contributed by atoms with Gasteiger partial charge in [0.05, 0.1) is 0 Å². The zero-order chi connectivity index (χ0) is 14.2. The summed E-state index contributed by atoms with van der Waals surface area (Å²) in [6.07, 6.45) is 1.92. The summed E-state index contributed by atoms with van der Waals surface area (Å²) in [5, 5.41) is 20.9. The molecule has 0 unspecified atom stereocenters. The van der Waals surface area contributed by atoms with Gasteiger partial charge in [-0.2, -0.15) is 0 Å². The number of nitrogens with zero attached hydrogens (tertiary/aromatic N) is 2. The molecule has 2 heterocycles. The van der Waals surface area contributed by atoms with Gasteiger partial charge < -0.3 is 10.1 Å². The number of aromatic amines is 1.